The molecule has 172 valence electrons. The Morgan fingerprint density at radius 2 is 1.91 bits per heavy atom. The van der Waals surface area contributed by atoms with Gasteiger partial charge in [0.2, 0.25) is 5.91 Å². The molecular weight excluding hydrogens is 430 g/mol. The number of para-hydroxylation sites is 1. The molecule has 2 aliphatic rings. The minimum Gasteiger partial charge on any atom is -0.473 e. The van der Waals surface area contributed by atoms with E-state index in [0.717, 1.165) is 56.8 Å². The summed E-state index contributed by atoms with van der Waals surface area (Å²) < 4.78 is 0. The van der Waals surface area contributed by atoms with Gasteiger partial charge in [-0.15, -0.1) is 11.3 Å². The molecule has 9 heteroatoms. The van der Waals surface area contributed by atoms with Crippen LogP contribution in [0.2, 0.25) is 0 Å². The molecule has 2 N–H and O–H groups in total. The highest BCUT2D eigenvalue weighted by molar-refractivity contribution is 7.09. The first-order chi connectivity index (χ1) is 15.3. The molecule has 1 aromatic carbocycles. The van der Waals surface area contributed by atoms with Crippen LogP contribution in [0.15, 0.2) is 29.6 Å². The number of hydrogen-bond acceptors (Lipinski definition) is 6. The Labute approximate surface area is 191 Å². The third-order valence-corrected chi connectivity index (χ3v) is 6.87. The summed E-state index contributed by atoms with van der Waals surface area (Å²) >= 11 is 1.80. The molecule has 32 heavy (non-hydrogen) atoms. The number of nitrogens with zero attached hydrogens (tertiary/aromatic N) is 3. The fourth-order valence-electron chi connectivity index (χ4n) is 4.12. The predicted molar refractivity (Wildman–Crippen MR) is 122 cm³/mol. The average Bonchev–Trinajstić information content (AvgIpc) is 3.42. The first-order valence-corrected chi connectivity index (χ1v) is 11.7. The summed E-state index contributed by atoms with van der Waals surface area (Å²) in [7, 11) is 0. The van der Waals surface area contributed by atoms with Crippen molar-refractivity contribution in [3.05, 3.63) is 45.9 Å². The van der Waals surface area contributed by atoms with Crippen LogP contribution < -0.4 is 4.90 Å². The van der Waals surface area contributed by atoms with Gasteiger partial charge in [0.1, 0.15) is 0 Å². The van der Waals surface area contributed by atoms with Gasteiger partial charge in [-0.3, -0.25) is 4.79 Å². The van der Waals surface area contributed by atoms with Crippen molar-refractivity contribution < 1.29 is 24.6 Å². The third-order valence-electron chi connectivity index (χ3n) is 5.74. The van der Waals surface area contributed by atoms with Crippen LogP contribution >= 0.6 is 11.3 Å². The maximum absolute atomic E-state index is 12.3. The molecule has 0 radical (unpaired) electrons. The molecule has 0 spiro atoms. The van der Waals surface area contributed by atoms with Crippen LogP contribution in [0.25, 0.3) is 0 Å². The molecule has 8 nitrogen and oxygen atoms in total. The number of piperidine rings is 1. The lowest BCUT2D eigenvalue weighted by Gasteiger charge is -2.29. The molecule has 1 aromatic heterocycles. The third kappa shape index (κ3) is 6.37. The summed E-state index contributed by atoms with van der Waals surface area (Å²) in [6.45, 7) is 6.25. The minimum absolute atomic E-state index is 0.282. The van der Waals surface area contributed by atoms with Gasteiger partial charge in [-0.1, -0.05) is 18.2 Å². The van der Waals surface area contributed by atoms with Crippen molar-refractivity contribution in [1.82, 2.24) is 9.88 Å². The molecule has 2 aliphatic heterocycles. The van der Waals surface area contributed by atoms with Crippen molar-refractivity contribution >= 4 is 34.9 Å². The Morgan fingerprint density at radius 3 is 2.56 bits per heavy atom. The Bertz CT molecular complexity index is 949. The van der Waals surface area contributed by atoms with Crippen molar-refractivity contribution in [2.24, 2.45) is 0 Å². The summed E-state index contributed by atoms with van der Waals surface area (Å²) in [4.78, 5) is 39.8. The van der Waals surface area contributed by atoms with Gasteiger partial charge in [0.15, 0.2) is 0 Å². The van der Waals surface area contributed by atoms with E-state index in [1.54, 1.807) is 11.3 Å². The number of anilines is 1. The SMILES string of the molecule is Cc1csc(C2CCN(CCc3ccccc3N3CCCCC3=O)C2)n1.O=C(O)C(=O)O. The van der Waals surface area contributed by atoms with Gasteiger partial charge >= 0.3 is 11.9 Å². The number of hydrogen-bond donors (Lipinski definition) is 2. The topological polar surface area (TPSA) is 111 Å². The number of aliphatic carboxylic acids is 2. The zero-order valence-electron chi connectivity index (χ0n) is 18.2. The standard InChI is InChI=1S/C21H27N3OS.C2H2O4/c1-16-15-26-21(22-16)18-10-13-23(14-18)12-9-17-6-2-3-7-19(17)24-11-5-4-8-20(24)25;3-1(4)2(5)6/h2-3,6-7,15,18H,4-5,8-14H2,1H3;(H,3,4)(H,5,6). The van der Waals surface area contributed by atoms with E-state index in [2.05, 4.69) is 46.5 Å². The molecule has 1 amide bonds. The summed E-state index contributed by atoms with van der Waals surface area (Å²) in [6.07, 6.45) is 5.04. The first-order valence-electron chi connectivity index (χ1n) is 10.8. The predicted octanol–water partition coefficient (Wildman–Crippen LogP) is 3.16. The molecule has 2 saturated heterocycles. The van der Waals surface area contributed by atoms with E-state index >= 15 is 0 Å². The summed E-state index contributed by atoms with van der Waals surface area (Å²) in [5.74, 6) is -2.78. The van der Waals surface area contributed by atoms with E-state index in [-0.39, 0.29) is 5.91 Å². The smallest absolute Gasteiger partial charge is 0.414 e. The van der Waals surface area contributed by atoms with Crippen LogP contribution in [0.4, 0.5) is 5.69 Å². The molecule has 4 rings (SSSR count). The number of rotatable bonds is 5. The van der Waals surface area contributed by atoms with Gasteiger partial charge in [0, 0.05) is 48.7 Å². The fraction of sp³-hybridized carbons (Fsp3) is 0.478. The molecule has 0 saturated carbocycles. The number of carbonyl (C=O) groups excluding carboxylic acids is 1. The fourth-order valence-corrected chi connectivity index (χ4v) is 5.05. The number of carboxylic acids is 2. The van der Waals surface area contributed by atoms with Crippen LogP contribution in [-0.4, -0.2) is 64.1 Å². The number of carbonyl (C=O) groups is 3. The van der Waals surface area contributed by atoms with E-state index in [9.17, 15) is 4.79 Å². The maximum Gasteiger partial charge on any atom is 0.414 e. The second kappa shape index (κ2) is 11.2. The lowest BCUT2D eigenvalue weighted by atomic mass is 10.0. The van der Waals surface area contributed by atoms with Gasteiger partial charge in [0.25, 0.3) is 0 Å². The zero-order valence-corrected chi connectivity index (χ0v) is 19.0. The van der Waals surface area contributed by atoms with Crippen LogP contribution in [0.1, 0.15) is 47.9 Å². The number of aromatic nitrogens is 1. The van der Waals surface area contributed by atoms with Crippen LogP contribution in [0.5, 0.6) is 0 Å². The van der Waals surface area contributed by atoms with E-state index in [4.69, 9.17) is 19.8 Å². The van der Waals surface area contributed by atoms with Crippen LogP contribution in [0.3, 0.4) is 0 Å². The number of likely N-dealkylation sites (tertiary alicyclic amines) is 1. The Balaban J connectivity index is 0.000000427. The summed E-state index contributed by atoms with van der Waals surface area (Å²) in [6, 6.07) is 8.45. The number of aryl methyl sites for hydroxylation is 1. The summed E-state index contributed by atoms with van der Waals surface area (Å²) in [5.41, 5.74) is 3.57. The highest BCUT2D eigenvalue weighted by atomic mass is 32.1. The Hall–Kier alpha value is -2.78. The minimum atomic E-state index is -1.82. The first kappa shape index (κ1) is 23.9. The quantitative estimate of drug-likeness (QED) is 0.661. The zero-order chi connectivity index (χ0) is 23.1. The summed E-state index contributed by atoms with van der Waals surface area (Å²) in [5, 5.41) is 18.2. The van der Waals surface area contributed by atoms with Crippen molar-refractivity contribution in [3.8, 4) is 0 Å². The van der Waals surface area contributed by atoms with Gasteiger partial charge in [-0.05, 0) is 50.8 Å². The second-order valence-electron chi connectivity index (χ2n) is 8.10. The van der Waals surface area contributed by atoms with E-state index in [1.807, 2.05) is 4.90 Å². The highest BCUT2D eigenvalue weighted by Crippen LogP contribution is 2.30. The Morgan fingerprint density at radius 1 is 1.16 bits per heavy atom. The molecular formula is C23H29N3O5S. The van der Waals surface area contributed by atoms with Gasteiger partial charge < -0.3 is 20.0 Å². The number of amides is 1. The maximum atomic E-state index is 12.3. The van der Waals surface area contributed by atoms with Gasteiger partial charge in [-0.25, -0.2) is 14.6 Å². The van der Waals surface area contributed by atoms with Gasteiger partial charge in [0.05, 0.1) is 5.01 Å². The monoisotopic (exact) mass is 459 g/mol. The Kier molecular flexibility index (Phi) is 8.35. The number of carboxylic acid groups (broad SMARTS) is 2. The van der Waals surface area contributed by atoms with Crippen LogP contribution in [0, 0.1) is 6.92 Å². The largest absolute Gasteiger partial charge is 0.473 e. The van der Waals surface area contributed by atoms with E-state index in [1.165, 1.54) is 17.0 Å². The van der Waals surface area contributed by atoms with Crippen molar-refractivity contribution in [2.45, 2.75) is 44.9 Å². The normalized spacial score (nSPS) is 18.8. The number of benzene rings is 1. The van der Waals surface area contributed by atoms with Crippen molar-refractivity contribution in [3.63, 3.8) is 0 Å². The molecule has 0 aliphatic carbocycles. The van der Waals surface area contributed by atoms with Gasteiger partial charge in [-0.2, -0.15) is 0 Å². The van der Waals surface area contributed by atoms with E-state index < -0.39 is 11.9 Å². The lowest BCUT2D eigenvalue weighted by Crippen LogP contribution is -2.36. The molecule has 2 aromatic rings. The molecule has 1 unspecified atom stereocenters. The lowest BCUT2D eigenvalue weighted by molar-refractivity contribution is -0.159. The second-order valence-corrected chi connectivity index (χ2v) is 8.99. The van der Waals surface area contributed by atoms with Crippen LogP contribution in [-0.2, 0) is 20.8 Å². The average molecular weight is 460 g/mol. The molecule has 3 heterocycles. The highest BCUT2D eigenvalue weighted by Gasteiger charge is 2.26. The molecule has 1 atom stereocenters. The molecule has 0 bridgehead atoms. The number of thiazole rings is 1. The molecule has 2 fully saturated rings. The van der Waals surface area contributed by atoms with E-state index in [0.29, 0.717) is 12.3 Å². The van der Waals surface area contributed by atoms with Crippen molar-refractivity contribution in [1.29, 1.82) is 0 Å². The van der Waals surface area contributed by atoms with Crippen molar-refractivity contribution in [2.75, 3.05) is 31.1 Å².